The van der Waals surface area contributed by atoms with Crippen molar-refractivity contribution in [3.63, 3.8) is 0 Å². The number of carboxylic acids is 1. The Hall–Kier alpha value is -5.21. The van der Waals surface area contributed by atoms with Crippen LogP contribution in [0.1, 0.15) is 18.9 Å². The molecular weight excluding hydrogens is 528 g/mol. The van der Waals surface area contributed by atoms with E-state index >= 15 is 0 Å². The molecule has 8 nitrogen and oxygen atoms in total. The fourth-order valence-corrected chi connectivity index (χ4v) is 4.88. The summed E-state index contributed by atoms with van der Waals surface area (Å²) in [7, 11) is 0. The Morgan fingerprint density at radius 1 is 0.952 bits per heavy atom. The van der Waals surface area contributed by atoms with Gasteiger partial charge in [0.1, 0.15) is 18.1 Å². The van der Waals surface area contributed by atoms with Crippen LogP contribution < -0.4 is 16.0 Å². The number of H-pyrrole nitrogens is 1. The van der Waals surface area contributed by atoms with Gasteiger partial charge >= 0.3 is 0 Å². The molecule has 2 aromatic heterocycles. The van der Waals surface area contributed by atoms with Crippen LogP contribution in [0.5, 0.6) is 5.75 Å². The number of fused-ring (bicyclic) bond motifs is 2. The molecule has 42 heavy (non-hydrogen) atoms. The molecule has 0 aliphatic heterocycles. The van der Waals surface area contributed by atoms with Gasteiger partial charge in [0.2, 0.25) is 0 Å². The minimum absolute atomic E-state index is 0.226. The van der Waals surface area contributed by atoms with Crippen LogP contribution in [0.25, 0.3) is 44.3 Å². The molecule has 0 spiro atoms. The Bertz CT molecular complexity index is 1880. The molecule has 0 bridgehead atoms. The first-order chi connectivity index (χ1) is 20.4. The lowest BCUT2D eigenvalue weighted by atomic mass is 10.0. The van der Waals surface area contributed by atoms with E-state index in [4.69, 9.17) is 25.4 Å². The van der Waals surface area contributed by atoms with Crippen LogP contribution in [0, 0.1) is 0 Å². The maximum Gasteiger partial charge on any atom is 0.300 e. The number of nitrogens with one attached hydrogen (secondary N) is 1. The number of aromatic amines is 1. The summed E-state index contributed by atoms with van der Waals surface area (Å²) in [6.45, 7) is 2.88. The summed E-state index contributed by atoms with van der Waals surface area (Å²) in [5.41, 5.74) is 12.3. The number of aliphatic carboxylic acids is 1. The van der Waals surface area contributed by atoms with Gasteiger partial charge in [-0.3, -0.25) is 9.59 Å². The zero-order chi connectivity index (χ0) is 29.5. The Balaban J connectivity index is 0.000000830. The lowest BCUT2D eigenvalue weighted by molar-refractivity contribution is -0.134. The van der Waals surface area contributed by atoms with Crippen molar-refractivity contribution in [2.24, 2.45) is 5.73 Å². The molecule has 0 unspecified atom stereocenters. The predicted octanol–water partition coefficient (Wildman–Crippen LogP) is 6.23. The molecule has 0 aliphatic carbocycles. The first kappa shape index (κ1) is 28.3. The quantitative estimate of drug-likeness (QED) is 0.203. The van der Waals surface area contributed by atoms with Gasteiger partial charge < -0.3 is 25.1 Å². The van der Waals surface area contributed by atoms with Crippen molar-refractivity contribution in [1.29, 1.82) is 0 Å². The second-order valence-corrected chi connectivity index (χ2v) is 9.83. The third-order valence-electron chi connectivity index (χ3n) is 6.77. The number of aromatic nitrogens is 3. The van der Waals surface area contributed by atoms with E-state index in [1.54, 1.807) is 0 Å². The topological polar surface area (TPSA) is 123 Å². The van der Waals surface area contributed by atoms with Crippen molar-refractivity contribution in [1.82, 2.24) is 14.5 Å². The highest BCUT2D eigenvalue weighted by Gasteiger charge is 2.18. The minimum atomic E-state index is -0.833. The molecule has 8 heteroatoms. The van der Waals surface area contributed by atoms with Crippen molar-refractivity contribution >= 4 is 27.9 Å². The molecule has 212 valence electrons. The standard InChI is InChI=1S/C32H28N4O2.C2H4O2/c33-17-8-18-36-20-27(26-19-24(15-16-29(26)36)38-21-22-9-3-1-4-10-22)31-32(37)34-28-14-7-13-25(30(28)35-31)23-11-5-2-6-12-23;1-2(3)4/h1-7,9-16,19-20H,8,17-18,21,33H2,(H,34,37);1H3,(H,3,4). The van der Waals surface area contributed by atoms with Crippen LogP contribution in [0.15, 0.2) is 108 Å². The number of nitrogens with zero attached hydrogens (tertiary/aromatic N) is 2. The van der Waals surface area contributed by atoms with E-state index < -0.39 is 5.97 Å². The molecule has 0 radical (unpaired) electrons. The molecular formula is C34H32N4O4. The van der Waals surface area contributed by atoms with Gasteiger partial charge in [0, 0.05) is 41.7 Å². The Morgan fingerprint density at radius 2 is 1.67 bits per heavy atom. The van der Waals surface area contributed by atoms with Gasteiger partial charge in [0.25, 0.3) is 11.5 Å². The van der Waals surface area contributed by atoms with Gasteiger partial charge in [0.15, 0.2) is 0 Å². The predicted molar refractivity (Wildman–Crippen MR) is 166 cm³/mol. The number of rotatable bonds is 8. The SMILES string of the molecule is CC(=O)O.NCCCn1cc(-c2nc3c(-c4ccccc4)cccc3[nH]c2=O)c2cc(OCc3ccccc3)ccc21. The first-order valence-electron chi connectivity index (χ1n) is 13.7. The molecule has 4 N–H and O–H groups in total. The number of carbonyl (C=O) groups is 1. The van der Waals surface area contributed by atoms with Gasteiger partial charge in [0.05, 0.1) is 11.0 Å². The highest BCUT2D eigenvalue weighted by Crippen LogP contribution is 2.33. The summed E-state index contributed by atoms with van der Waals surface area (Å²) in [6, 6.07) is 32.0. The Labute approximate surface area is 243 Å². The van der Waals surface area contributed by atoms with Crippen LogP contribution in [0.3, 0.4) is 0 Å². The van der Waals surface area contributed by atoms with E-state index in [1.165, 1.54) is 0 Å². The molecule has 2 heterocycles. The zero-order valence-electron chi connectivity index (χ0n) is 23.3. The van der Waals surface area contributed by atoms with Crippen molar-refractivity contribution < 1.29 is 14.6 Å². The van der Waals surface area contributed by atoms with Gasteiger partial charge in [-0.15, -0.1) is 0 Å². The summed E-state index contributed by atoms with van der Waals surface area (Å²) >= 11 is 0. The van der Waals surface area contributed by atoms with E-state index in [9.17, 15) is 4.79 Å². The van der Waals surface area contributed by atoms with E-state index in [1.807, 2.05) is 91.1 Å². The molecule has 0 fully saturated rings. The molecule has 0 amide bonds. The van der Waals surface area contributed by atoms with Gasteiger partial charge in [-0.05, 0) is 48.4 Å². The third-order valence-corrected chi connectivity index (χ3v) is 6.77. The maximum absolute atomic E-state index is 13.4. The Morgan fingerprint density at radius 3 is 2.38 bits per heavy atom. The number of hydrogen-bond donors (Lipinski definition) is 3. The van der Waals surface area contributed by atoms with Gasteiger partial charge in [-0.25, -0.2) is 4.98 Å². The number of carboxylic acid groups (broad SMARTS) is 1. The lowest BCUT2D eigenvalue weighted by Gasteiger charge is -2.09. The molecule has 0 saturated heterocycles. The summed E-state index contributed by atoms with van der Waals surface area (Å²) < 4.78 is 8.27. The van der Waals surface area contributed by atoms with Gasteiger partial charge in [-0.2, -0.15) is 0 Å². The fourth-order valence-electron chi connectivity index (χ4n) is 4.88. The molecule has 0 saturated carbocycles. The number of hydrogen-bond acceptors (Lipinski definition) is 5. The lowest BCUT2D eigenvalue weighted by Crippen LogP contribution is -2.11. The molecule has 4 aromatic carbocycles. The second-order valence-electron chi connectivity index (χ2n) is 9.83. The average Bonchev–Trinajstić information content (AvgIpc) is 3.36. The van der Waals surface area contributed by atoms with Crippen molar-refractivity contribution in [3.8, 4) is 28.1 Å². The number of nitrogens with two attached hydrogens (primary N) is 1. The van der Waals surface area contributed by atoms with Crippen LogP contribution in [-0.2, 0) is 17.9 Å². The van der Waals surface area contributed by atoms with Crippen molar-refractivity contribution in [2.75, 3.05) is 6.54 Å². The molecule has 6 rings (SSSR count). The molecule has 6 aromatic rings. The highest BCUT2D eigenvalue weighted by atomic mass is 16.5. The molecule has 0 atom stereocenters. The summed E-state index contributed by atoms with van der Waals surface area (Å²) in [4.78, 5) is 30.4. The third kappa shape index (κ3) is 6.40. The maximum atomic E-state index is 13.4. The minimum Gasteiger partial charge on any atom is -0.489 e. The monoisotopic (exact) mass is 560 g/mol. The van der Waals surface area contributed by atoms with Gasteiger partial charge in [-0.1, -0.05) is 72.8 Å². The van der Waals surface area contributed by atoms with Crippen molar-refractivity contribution in [3.05, 3.63) is 119 Å². The highest BCUT2D eigenvalue weighted by molar-refractivity contribution is 5.98. The number of ether oxygens (including phenoxy) is 1. The first-order valence-corrected chi connectivity index (χ1v) is 13.7. The number of para-hydroxylation sites is 1. The average molecular weight is 561 g/mol. The number of aryl methyl sites for hydroxylation is 1. The zero-order valence-corrected chi connectivity index (χ0v) is 23.3. The van der Waals surface area contributed by atoms with E-state index in [2.05, 4.69) is 21.7 Å². The summed E-state index contributed by atoms with van der Waals surface area (Å²) in [5.74, 6) is -0.0960. The summed E-state index contributed by atoms with van der Waals surface area (Å²) in [5, 5.41) is 8.34. The molecule has 0 aliphatic rings. The largest absolute Gasteiger partial charge is 0.489 e. The van der Waals surface area contributed by atoms with E-state index in [-0.39, 0.29) is 5.56 Å². The van der Waals surface area contributed by atoms with Crippen LogP contribution in [0.2, 0.25) is 0 Å². The summed E-state index contributed by atoms with van der Waals surface area (Å²) in [6.07, 6.45) is 2.84. The van der Waals surface area contributed by atoms with Crippen LogP contribution in [0.4, 0.5) is 0 Å². The van der Waals surface area contributed by atoms with Crippen molar-refractivity contribution in [2.45, 2.75) is 26.5 Å². The van der Waals surface area contributed by atoms with E-state index in [0.717, 1.165) is 64.3 Å². The van der Waals surface area contributed by atoms with Crippen LogP contribution >= 0.6 is 0 Å². The normalized spacial score (nSPS) is 10.8. The van der Waals surface area contributed by atoms with Crippen LogP contribution in [-0.4, -0.2) is 32.2 Å². The smallest absolute Gasteiger partial charge is 0.300 e. The van der Waals surface area contributed by atoms with E-state index in [0.29, 0.717) is 24.4 Å². The number of benzene rings is 4. The second kappa shape index (κ2) is 13.0. The fraction of sp³-hybridized carbons (Fsp3) is 0.147. The Kier molecular flexibility index (Phi) is 8.75.